The average molecular weight is 286 g/mol. The van der Waals surface area contributed by atoms with Crippen LogP contribution in [0.15, 0.2) is 59.4 Å². The van der Waals surface area contributed by atoms with Crippen LogP contribution >= 0.6 is 0 Å². The molecule has 0 saturated heterocycles. The third-order valence-electron chi connectivity index (χ3n) is 4.10. The molecule has 0 bridgehead atoms. The van der Waals surface area contributed by atoms with E-state index < -0.39 is 0 Å². The van der Waals surface area contributed by atoms with Gasteiger partial charge in [-0.2, -0.15) is 5.10 Å². The smallest absolute Gasteiger partial charge is 0.272 e. The number of rotatable bonds is 0. The van der Waals surface area contributed by atoms with E-state index in [4.69, 9.17) is 4.74 Å². The maximum Gasteiger partial charge on any atom is 0.272 e. The molecule has 0 amide bonds. The lowest BCUT2D eigenvalue weighted by atomic mass is 9.98. The van der Waals surface area contributed by atoms with Crippen molar-refractivity contribution in [2.45, 2.75) is 0 Å². The molecule has 1 aliphatic heterocycles. The van der Waals surface area contributed by atoms with E-state index in [9.17, 15) is 4.79 Å². The van der Waals surface area contributed by atoms with Crippen LogP contribution in [0.5, 0.6) is 11.5 Å². The molecule has 22 heavy (non-hydrogen) atoms. The minimum absolute atomic E-state index is 0.201. The highest BCUT2D eigenvalue weighted by molar-refractivity contribution is 6.04. The van der Waals surface area contributed by atoms with Crippen LogP contribution in [0.3, 0.4) is 0 Å². The Morgan fingerprint density at radius 2 is 1.73 bits per heavy atom. The first-order valence-electron chi connectivity index (χ1n) is 7.04. The first-order chi connectivity index (χ1) is 10.8. The van der Waals surface area contributed by atoms with Gasteiger partial charge in [0.25, 0.3) is 5.56 Å². The fourth-order valence-corrected chi connectivity index (χ4v) is 3.07. The Labute approximate surface area is 125 Å². The molecule has 4 aromatic rings. The molecule has 0 aliphatic carbocycles. The van der Waals surface area contributed by atoms with E-state index in [0.717, 1.165) is 33.2 Å². The number of nitrogens with zero attached hydrogens (tertiary/aromatic N) is 1. The van der Waals surface area contributed by atoms with Crippen molar-refractivity contribution in [3.8, 4) is 22.8 Å². The summed E-state index contributed by atoms with van der Waals surface area (Å²) >= 11 is 0. The van der Waals surface area contributed by atoms with Crippen LogP contribution in [-0.4, -0.2) is 10.2 Å². The number of aromatic amines is 1. The molecule has 104 valence electrons. The summed E-state index contributed by atoms with van der Waals surface area (Å²) in [6, 6.07) is 17.7. The predicted molar refractivity (Wildman–Crippen MR) is 85.4 cm³/mol. The van der Waals surface area contributed by atoms with Crippen LogP contribution in [0.25, 0.3) is 32.8 Å². The summed E-state index contributed by atoms with van der Waals surface area (Å²) in [5.74, 6) is 1.44. The molecule has 4 nitrogen and oxygen atoms in total. The van der Waals surface area contributed by atoms with Crippen molar-refractivity contribution in [2.75, 3.05) is 0 Å². The second-order valence-corrected chi connectivity index (χ2v) is 5.38. The van der Waals surface area contributed by atoms with Crippen LogP contribution in [-0.2, 0) is 0 Å². The monoisotopic (exact) mass is 286 g/mol. The Morgan fingerprint density at radius 3 is 2.59 bits per heavy atom. The molecule has 0 saturated carbocycles. The zero-order valence-electron chi connectivity index (χ0n) is 11.5. The fourth-order valence-electron chi connectivity index (χ4n) is 3.07. The van der Waals surface area contributed by atoms with E-state index in [1.165, 1.54) is 0 Å². The highest BCUT2D eigenvalue weighted by Gasteiger charge is 2.22. The van der Waals surface area contributed by atoms with Crippen molar-refractivity contribution in [3.05, 3.63) is 65.0 Å². The number of H-pyrrole nitrogens is 1. The van der Waals surface area contributed by atoms with Gasteiger partial charge in [0.1, 0.15) is 17.2 Å². The molecule has 1 N–H and O–H groups in total. The van der Waals surface area contributed by atoms with Gasteiger partial charge in [-0.15, -0.1) is 0 Å². The molecule has 0 fully saturated rings. The maximum absolute atomic E-state index is 12.0. The highest BCUT2D eigenvalue weighted by atomic mass is 16.5. The van der Waals surface area contributed by atoms with Gasteiger partial charge < -0.3 is 4.74 Å². The van der Waals surface area contributed by atoms with Crippen molar-refractivity contribution in [1.29, 1.82) is 0 Å². The largest absolute Gasteiger partial charge is 0.456 e. The molecule has 1 aromatic heterocycles. The molecule has 1 aliphatic rings. The molecule has 3 aromatic carbocycles. The molecule has 5 rings (SSSR count). The lowest BCUT2D eigenvalue weighted by molar-refractivity contribution is 0.487. The normalized spacial score (nSPS) is 12.2. The minimum Gasteiger partial charge on any atom is -0.456 e. The maximum atomic E-state index is 12.0. The Balaban J connectivity index is 1.97. The molecule has 2 heterocycles. The Kier molecular flexibility index (Phi) is 2.07. The zero-order valence-corrected chi connectivity index (χ0v) is 11.5. The number of hydrogen-bond acceptors (Lipinski definition) is 3. The van der Waals surface area contributed by atoms with Crippen LogP contribution in [0, 0.1) is 0 Å². The van der Waals surface area contributed by atoms with Crippen molar-refractivity contribution in [3.63, 3.8) is 0 Å². The van der Waals surface area contributed by atoms with Crippen molar-refractivity contribution < 1.29 is 4.74 Å². The molecular formula is C18H10N2O2. The second kappa shape index (κ2) is 3.95. The molecule has 0 unspecified atom stereocenters. The average Bonchev–Trinajstić information content (AvgIpc) is 2.56. The van der Waals surface area contributed by atoms with E-state index in [1.54, 1.807) is 6.07 Å². The summed E-state index contributed by atoms with van der Waals surface area (Å²) in [6.07, 6.45) is 0. The Bertz CT molecular complexity index is 1130. The van der Waals surface area contributed by atoms with Crippen LogP contribution < -0.4 is 10.3 Å². The summed E-state index contributed by atoms with van der Waals surface area (Å²) < 4.78 is 6.02. The number of nitrogens with one attached hydrogen (secondary N) is 1. The topological polar surface area (TPSA) is 55.0 Å². The van der Waals surface area contributed by atoms with E-state index in [-0.39, 0.29) is 5.56 Å². The summed E-state index contributed by atoms with van der Waals surface area (Å²) in [4.78, 5) is 12.0. The number of benzene rings is 3. The summed E-state index contributed by atoms with van der Waals surface area (Å²) in [7, 11) is 0. The standard InChI is InChI=1S/C18H10N2O2/c21-18-12-6-3-7-14-16(12)17(19-20-18)13-8-10-4-1-2-5-11(10)9-15(13)22-14/h1-9H,(H,20,21). The Morgan fingerprint density at radius 1 is 0.909 bits per heavy atom. The SMILES string of the molecule is O=c1[nH]nc2c3c(cccc13)Oc1cc3ccccc3cc1-2. The first-order valence-corrected chi connectivity index (χ1v) is 7.04. The summed E-state index contributed by atoms with van der Waals surface area (Å²) in [5.41, 5.74) is 1.46. The van der Waals surface area contributed by atoms with Crippen LogP contribution in [0.4, 0.5) is 0 Å². The fraction of sp³-hybridized carbons (Fsp3) is 0. The van der Waals surface area contributed by atoms with Gasteiger partial charge in [0.15, 0.2) is 0 Å². The van der Waals surface area contributed by atoms with Crippen molar-refractivity contribution in [1.82, 2.24) is 10.2 Å². The quantitative estimate of drug-likeness (QED) is 0.470. The molecule has 0 spiro atoms. The predicted octanol–water partition coefficient (Wildman–Crippen LogP) is 3.85. The van der Waals surface area contributed by atoms with Crippen LogP contribution in [0.1, 0.15) is 0 Å². The molecule has 0 radical (unpaired) electrons. The summed E-state index contributed by atoms with van der Waals surface area (Å²) in [6.45, 7) is 0. The van der Waals surface area contributed by atoms with Gasteiger partial charge in [0, 0.05) is 5.56 Å². The van der Waals surface area contributed by atoms with Gasteiger partial charge in [-0.3, -0.25) is 4.79 Å². The van der Waals surface area contributed by atoms with Gasteiger partial charge in [0.05, 0.1) is 10.8 Å². The number of ether oxygens (including phenoxy) is 1. The van der Waals surface area contributed by atoms with Gasteiger partial charge in [-0.1, -0.05) is 30.3 Å². The van der Waals surface area contributed by atoms with Gasteiger partial charge in [0.2, 0.25) is 0 Å². The third-order valence-corrected chi connectivity index (χ3v) is 4.10. The number of fused-ring (bicyclic) bond motifs is 3. The van der Waals surface area contributed by atoms with E-state index >= 15 is 0 Å². The molecular weight excluding hydrogens is 276 g/mol. The summed E-state index contributed by atoms with van der Waals surface area (Å²) in [5, 5.41) is 10.4. The highest BCUT2D eigenvalue weighted by Crippen LogP contribution is 2.45. The van der Waals surface area contributed by atoms with Crippen molar-refractivity contribution >= 4 is 21.5 Å². The molecule has 4 heteroatoms. The third kappa shape index (κ3) is 1.41. The van der Waals surface area contributed by atoms with Crippen molar-refractivity contribution in [2.24, 2.45) is 0 Å². The van der Waals surface area contributed by atoms with Gasteiger partial charge >= 0.3 is 0 Å². The Hall–Kier alpha value is -3.14. The first kappa shape index (κ1) is 11.5. The lowest BCUT2D eigenvalue weighted by Gasteiger charge is -2.20. The number of hydrogen-bond donors (Lipinski definition) is 1. The van der Waals surface area contributed by atoms with E-state index in [2.05, 4.69) is 28.4 Å². The van der Waals surface area contributed by atoms with Crippen LogP contribution in [0.2, 0.25) is 0 Å². The van der Waals surface area contributed by atoms with E-state index in [0.29, 0.717) is 11.1 Å². The zero-order chi connectivity index (χ0) is 14.7. The lowest BCUT2D eigenvalue weighted by Crippen LogP contribution is -2.12. The van der Waals surface area contributed by atoms with Gasteiger partial charge in [-0.25, -0.2) is 5.10 Å². The minimum atomic E-state index is -0.201. The second-order valence-electron chi connectivity index (χ2n) is 5.38. The number of aromatic nitrogens is 2. The van der Waals surface area contributed by atoms with Gasteiger partial charge in [-0.05, 0) is 35.0 Å². The molecule has 0 atom stereocenters. The van der Waals surface area contributed by atoms with E-state index in [1.807, 2.05) is 30.3 Å².